The number of hydrogen-bond acceptors (Lipinski definition) is 1. The Morgan fingerprint density at radius 3 is 2.39 bits per heavy atom. The van der Waals surface area contributed by atoms with Crippen LogP contribution in [-0.4, -0.2) is 4.98 Å². The van der Waals surface area contributed by atoms with Gasteiger partial charge >= 0.3 is 6.18 Å². The summed E-state index contributed by atoms with van der Waals surface area (Å²) in [4.78, 5) is 4.11. The monoisotopic (exact) mass is 379 g/mol. The van der Waals surface area contributed by atoms with Gasteiger partial charge < -0.3 is 0 Å². The minimum Gasteiger partial charge on any atom is -0.254 e. The largest absolute Gasteiger partial charge is 0.416 e. The first-order chi connectivity index (χ1) is 8.38. The van der Waals surface area contributed by atoms with Crippen molar-refractivity contribution in [1.29, 1.82) is 0 Å². The Hall–Kier alpha value is -0.880. The van der Waals surface area contributed by atoms with E-state index >= 15 is 0 Å². The fourth-order valence-corrected chi connectivity index (χ4v) is 2.69. The minimum atomic E-state index is -4.35. The van der Waals surface area contributed by atoms with Gasteiger partial charge in [0.15, 0.2) is 0 Å². The average Bonchev–Trinajstić information content (AvgIpc) is 2.28. The SMILES string of the molecule is FC(F)(F)c1cccc(-c2ncc(Br)cc2Br)c1. The maximum absolute atomic E-state index is 12.6. The topological polar surface area (TPSA) is 12.9 Å². The van der Waals surface area contributed by atoms with Crippen molar-refractivity contribution < 1.29 is 13.2 Å². The van der Waals surface area contributed by atoms with Gasteiger partial charge in [-0.3, -0.25) is 4.98 Å². The third-order valence-corrected chi connectivity index (χ3v) is 3.31. The normalized spacial score (nSPS) is 11.6. The summed E-state index contributed by atoms with van der Waals surface area (Å²) in [6.07, 6.45) is -2.81. The number of pyridine rings is 1. The van der Waals surface area contributed by atoms with Crippen molar-refractivity contribution in [2.24, 2.45) is 0 Å². The molecule has 2 rings (SSSR count). The van der Waals surface area contributed by atoms with E-state index < -0.39 is 11.7 Å². The maximum Gasteiger partial charge on any atom is 0.416 e. The Morgan fingerprint density at radius 1 is 1.06 bits per heavy atom. The van der Waals surface area contributed by atoms with Crippen molar-refractivity contribution in [1.82, 2.24) is 4.98 Å². The molecule has 94 valence electrons. The number of hydrogen-bond donors (Lipinski definition) is 0. The molecule has 1 heterocycles. The molecule has 0 unspecified atom stereocenters. The molecule has 0 radical (unpaired) electrons. The molecular weight excluding hydrogens is 375 g/mol. The van der Waals surface area contributed by atoms with Crippen LogP contribution in [0.2, 0.25) is 0 Å². The van der Waals surface area contributed by atoms with Gasteiger partial charge in [-0.1, -0.05) is 12.1 Å². The Bertz CT molecular complexity index is 582. The number of benzene rings is 1. The van der Waals surface area contributed by atoms with Gasteiger partial charge in [0.1, 0.15) is 0 Å². The van der Waals surface area contributed by atoms with E-state index in [-0.39, 0.29) is 0 Å². The summed E-state index contributed by atoms with van der Waals surface area (Å²) in [6, 6.07) is 6.82. The second kappa shape index (κ2) is 5.01. The highest BCUT2D eigenvalue weighted by Crippen LogP contribution is 2.34. The number of rotatable bonds is 1. The molecule has 2 aromatic rings. The zero-order chi connectivity index (χ0) is 13.3. The van der Waals surface area contributed by atoms with Crippen molar-refractivity contribution >= 4 is 31.9 Å². The third kappa shape index (κ3) is 2.92. The highest BCUT2D eigenvalue weighted by Gasteiger charge is 2.30. The van der Waals surface area contributed by atoms with Crippen LogP contribution in [-0.2, 0) is 6.18 Å². The highest BCUT2D eigenvalue weighted by atomic mass is 79.9. The first-order valence-electron chi connectivity index (χ1n) is 4.86. The van der Waals surface area contributed by atoms with Gasteiger partial charge in [-0.05, 0) is 50.1 Å². The van der Waals surface area contributed by atoms with Crippen molar-refractivity contribution in [3.05, 3.63) is 51.0 Å². The van der Waals surface area contributed by atoms with Crippen LogP contribution in [0.5, 0.6) is 0 Å². The standard InChI is InChI=1S/C12H6Br2F3N/c13-9-5-10(14)11(18-6-9)7-2-1-3-8(4-7)12(15,16)17/h1-6H. The minimum absolute atomic E-state index is 0.421. The van der Waals surface area contributed by atoms with E-state index in [4.69, 9.17) is 0 Å². The van der Waals surface area contributed by atoms with E-state index in [0.717, 1.165) is 16.6 Å². The molecule has 0 atom stereocenters. The van der Waals surface area contributed by atoms with Gasteiger partial charge in [-0.2, -0.15) is 13.2 Å². The summed E-state index contributed by atoms with van der Waals surface area (Å²) in [6.45, 7) is 0. The second-order valence-electron chi connectivity index (χ2n) is 3.56. The van der Waals surface area contributed by atoms with Crippen LogP contribution in [0.25, 0.3) is 11.3 Å². The van der Waals surface area contributed by atoms with Gasteiger partial charge in [0, 0.05) is 20.7 Å². The lowest BCUT2D eigenvalue weighted by atomic mass is 10.1. The first kappa shape index (κ1) is 13.5. The van der Waals surface area contributed by atoms with Crippen molar-refractivity contribution in [3.8, 4) is 11.3 Å². The predicted molar refractivity (Wildman–Crippen MR) is 70.1 cm³/mol. The van der Waals surface area contributed by atoms with Crippen LogP contribution in [0.3, 0.4) is 0 Å². The Labute approximate surface area is 118 Å². The van der Waals surface area contributed by atoms with Gasteiger partial charge in [0.25, 0.3) is 0 Å². The van der Waals surface area contributed by atoms with Gasteiger partial charge in [-0.15, -0.1) is 0 Å². The quantitative estimate of drug-likeness (QED) is 0.654. The van der Waals surface area contributed by atoms with E-state index in [0.29, 0.717) is 15.7 Å². The number of alkyl halides is 3. The summed E-state index contributed by atoms with van der Waals surface area (Å²) in [5.41, 5.74) is 0.213. The number of nitrogens with zero attached hydrogens (tertiary/aromatic N) is 1. The van der Waals surface area contributed by atoms with Gasteiger partial charge in [0.2, 0.25) is 0 Å². The molecule has 1 nitrogen and oxygen atoms in total. The molecule has 18 heavy (non-hydrogen) atoms. The average molecular weight is 381 g/mol. The summed E-state index contributed by atoms with van der Waals surface area (Å²) < 4.78 is 39.2. The van der Waals surface area contributed by atoms with E-state index in [1.165, 1.54) is 6.07 Å². The van der Waals surface area contributed by atoms with E-state index in [1.54, 1.807) is 18.3 Å². The molecule has 0 aliphatic rings. The third-order valence-electron chi connectivity index (χ3n) is 2.27. The molecule has 0 saturated heterocycles. The molecule has 0 aliphatic carbocycles. The van der Waals surface area contributed by atoms with E-state index in [2.05, 4.69) is 36.8 Å². The van der Waals surface area contributed by atoms with Gasteiger partial charge in [0.05, 0.1) is 11.3 Å². The number of halogens is 5. The number of aromatic nitrogens is 1. The lowest BCUT2D eigenvalue weighted by molar-refractivity contribution is -0.137. The summed E-state index contributed by atoms with van der Waals surface area (Å²) in [7, 11) is 0. The predicted octanol–water partition coefficient (Wildman–Crippen LogP) is 5.29. The van der Waals surface area contributed by atoms with Crippen LogP contribution in [0.15, 0.2) is 45.5 Å². The fourth-order valence-electron chi connectivity index (χ4n) is 1.47. The second-order valence-corrected chi connectivity index (χ2v) is 5.33. The molecule has 6 heteroatoms. The van der Waals surface area contributed by atoms with Crippen LogP contribution in [0.4, 0.5) is 13.2 Å². The zero-order valence-electron chi connectivity index (χ0n) is 8.80. The van der Waals surface area contributed by atoms with E-state index in [1.807, 2.05) is 0 Å². The molecule has 0 N–H and O–H groups in total. The van der Waals surface area contributed by atoms with E-state index in [9.17, 15) is 13.2 Å². The first-order valence-corrected chi connectivity index (χ1v) is 6.45. The Balaban J connectivity index is 2.51. The molecule has 0 bridgehead atoms. The fraction of sp³-hybridized carbons (Fsp3) is 0.0833. The van der Waals surface area contributed by atoms with Crippen LogP contribution >= 0.6 is 31.9 Å². The molecule has 0 fully saturated rings. The van der Waals surface area contributed by atoms with Crippen LogP contribution in [0.1, 0.15) is 5.56 Å². The van der Waals surface area contributed by atoms with Crippen molar-refractivity contribution in [3.63, 3.8) is 0 Å². The summed E-state index contributed by atoms with van der Waals surface area (Å²) >= 11 is 6.53. The van der Waals surface area contributed by atoms with Crippen molar-refractivity contribution in [2.45, 2.75) is 6.18 Å². The molecule has 1 aromatic carbocycles. The van der Waals surface area contributed by atoms with Crippen molar-refractivity contribution in [2.75, 3.05) is 0 Å². The lowest BCUT2D eigenvalue weighted by Gasteiger charge is -2.09. The molecular formula is C12H6Br2F3N. The molecule has 0 saturated carbocycles. The smallest absolute Gasteiger partial charge is 0.254 e. The summed E-state index contributed by atoms with van der Waals surface area (Å²) in [5.74, 6) is 0. The molecule has 0 aliphatic heterocycles. The highest BCUT2D eigenvalue weighted by molar-refractivity contribution is 9.11. The lowest BCUT2D eigenvalue weighted by Crippen LogP contribution is -2.04. The van der Waals surface area contributed by atoms with Gasteiger partial charge in [-0.25, -0.2) is 0 Å². The van der Waals surface area contributed by atoms with Crippen LogP contribution in [0, 0.1) is 0 Å². The maximum atomic E-state index is 12.6. The zero-order valence-corrected chi connectivity index (χ0v) is 12.0. The van der Waals surface area contributed by atoms with Crippen LogP contribution < -0.4 is 0 Å². The molecule has 1 aromatic heterocycles. The Kier molecular flexibility index (Phi) is 3.77. The summed E-state index contributed by atoms with van der Waals surface area (Å²) in [5, 5.41) is 0. The molecule has 0 amide bonds. The Morgan fingerprint density at radius 2 is 1.78 bits per heavy atom. The molecule has 0 spiro atoms.